The average molecular weight is 479 g/mol. The number of carbonyl (C=O) groups excluding carboxylic acids is 3. The summed E-state index contributed by atoms with van der Waals surface area (Å²) in [7, 11) is 0. The molecular weight excluding hydrogens is 440 g/mol. The van der Waals surface area contributed by atoms with Crippen LogP contribution in [0.5, 0.6) is 0 Å². The number of hydrogen-bond acceptors (Lipinski definition) is 7. The van der Waals surface area contributed by atoms with Crippen molar-refractivity contribution in [3.05, 3.63) is 35.9 Å². The first-order chi connectivity index (χ1) is 15.8. The van der Waals surface area contributed by atoms with Gasteiger partial charge in [0, 0.05) is 6.54 Å². The van der Waals surface area contributed by atoms with Crippen LogP contribution in [-0.4, -0.2) is 64.1 Å². The summed E-state index contributed by atoms with van der Waals surface area (Å²) in [5.41, 5.74) is -0.625. The average Bonchev–Trinajstić information content (AvgIpc) is 2.73. The number of benzene rings is 1. The maximum absolute atomic E-state index is 13.2. The lowest BCUT2D eigenvalue weighted by Crippen LogP contribution is -2.59. The molecule has 1 aliphatic heterocycles. The third kappa shape index (κ3) is 8.85. The van der Waals surface area contributed by atoms with Crippen molar-refractivity contribution < 1.29 is 33.7 Å². The number of alkyl carbamates (subject to hydrolysis) is 1. The van der Waals surface area contributed by atoms with Gasteiger partial charge in [0.2, 0.25) is 0 Å². The number of aliphatic hydroxyl groups is 1. The van der Waals surface area contributed by atoms with Gasteiger partial charge in [-0.1, -0.05) is 30.3 Å². The Labute approximate surface area is 201 Å². The third-order valence-electron chi connectivity index (χ3n) is 5.06. The molecule has 0 unspecified atom stereocenters. The van der Waals surface area contributed by atoms with Gasteiger partial charge >= 0.3 is 18.2 Å². The summed E-state index contributed by atoms with van der Waals surface area (Å²) >= 11 is 0. The molecule has 190 valence electrons. The van der Waals surface area contributed by atoms with E-state index in [9.17, 15) is 19.5 Å². The van der Waals surface area contributed by atoms with Crippen LogP contribution in [0, 0.1) is 0 Å². The zero-order valence-corrected chi connectivity index (χ0v) is 21.0. The van der Waals surface area contributed by atoms with Gasteiger partial charge in [-0.05, 0) is 66.4 Å². The fraction of sp³-hybridized carbons (Fsp3) is 0.640. The monoisotopic (exact) mass is 478 g/mol. The second-order valence-corrected chi connectivity index (χ2v) is 10.4. The minimum atomic E-state index is -1.14. The summed E-state index contributed by atoms with van der Waals surface area (Å²) in [6.45, 7) is 10.3. The van der Waals surface area contributed by atoms with Gasteiger partial charge < -0.3 is 24.6 Å². The number of nitrogens with zero attached hydrogens (tertiary/aromatic N) is 1. The Morgan fingerprint density at radius 3 is 2.24 bits per heavy atom. The number of nitrogens with one attached hydrogen (secondary N) is 1. The van der Waals surface area contributed by atoms with E-state index in [0.29, 0.717) is 19.3 Å². The molecular formula is C25H38N2O7. The van der Waals surface area contributed by atoms with Gasteiger partial charge in [-0.3, -0.25) is 4.90 Å². The first-order valence-electron chi connectivity index (χ1n) is 11.6. The normalized spacial score (nSPS) is 19.7. The molecule has 3 atom stereocenters. The number of ether oxygens (including phenoxy) is 3. The van der Waals surface area contributed by atoms with Crippen LogP contribution >= 0.6 is 0 Å². The number of hydrogen-bond donors (Lipinski definition) is 2. The van der Waals surface area contributed by atoms with E-state index >= 15 is 0 Å². The molecule has 2 amide bonds. The van der Waals surface area contributed by atoms with Crippen LogP contribution in [-0.2, 0) is 25.6 Å². The van der Waals surface area contributed by atoms with Crippen LogP contribution in [0.25, 0.3) is 0 Å². The lowest BCUT2D eigenvalue weighted by atomic mass is 9.92. The molecule has 0 spiro atoms. The first-order valence-corrected chi connectivity index (χ1v) is 11.6. The lowest BCUT2D eigenvalue weighted by Gasteiger charge is -2.42. The molecule has 1 aromatic rings. The fourth-order valence-corrected chi connectivity index (χ4v) is 3.70. The molecule has 34 heavy (non-hydrogen) atoms. The van der Waals surface area contributed by atoms with Crippen molar-refractivity contribution in [2.75, 3.05) is 6.54 Å². The Morgan fingerprint density at radius 1 is 1.03 bits per heavy atom. The molecule has 1 fully saturated rings. The van der Waals surface area contributed by atoms with Crippen LogP contribution in [0.1, 0.15) is 66.4 Å². The Balaban J connectivity index is 2.17. The standard InChI is InChI=1S/C25H38N2O7/c1-24(2,3)33-21(29)19-14-10-13-18(20(28)15-26-22(30)34-25(4,5)6)27(19)23(31)32-16-17-11-8-7-9-12-17/h7-9,11-12,18-20,28H,10,13-16H2,1-6H3,(H,26,30)/t18-,19+,20+/m1/s1. The third-order valence-corrected chi connectivity index (χ3v) is 5.06. The van der Waals surface area contributed by atoms with E-state index in [1.54, 1.807) is 41.5 Å². The molecule has 0 saturated carbocycles. The quantitative estimate of drug-likeness (QED) is 0.472. The van der Waals surface area contributed by atoms with Crippen LogP contribution in [0.15, 0.2) is 30.3 Å². The highest BCUT2D eigenvalue weighted by molar-refractivity contribution is 5.82. The Hall–Kier alpha value is -2.81. The van der Waals surface area contributed by atoms with Gasteiger partial charge in [0.05, 0.1) is 12.1 Å². The van der Waals surface area contributed by atoms with Gasteiger partial charge in [0.15, 0.2) is 0 Å². The zero-order chi connectivity index (χ0) is 25.5. The zero-order valence-electron chi connectivity index (χ0n) is 21.0. The molecule has 1 saturated heterocycles. The largest absolute Gasteiger partial charge is 0.458 e. The van der Waals surface area contributed by atoms with Crippen molar-refractivity contribution in [2.24, 2.45) is 0 Å². The molecule has 1 aromatic carbocycles. The van der Waals surface area contributed by atoms with E-state index in [0.717, 1.165) is 5.56 Å². The maximum atomic E-state index is 13.2. The van der Waals surface area contributed by atoms with E-state index < -0.39 is 47.5 Å². The van der Waals surface area contributed by atoms with Crippen molar-refractivity contribution in [1.29, 1.82) is 0 Å². The van der Waals surface area contributed by atoms with E-state index in [1.807, 2.05) is 30.3 Å². The van der Waals surface area contributed by atoms with Gasteiger partial charge in [0.25, 0.3) is 0 Å². The highest BCUT2D eigenvalue weighted by atomic mass is 16.6. The van der Waals surface area contributed by atoms with Gasteiger partial charge in [-0.2, -0.15) is 0 Å². The predicted octanol–water partition coefficient (Wildman–Crippen LogP) is 3.77. The summed E-state index contributed by atoms with van der Waals surface area (Å²) in [5, 5.41) is 13.4. The number of aliphatic hydroxyl groups excluding tert-OH is 1. The minimum Gasteiger partial charge on any atom is -0.458 e. The molecule has 1 heterocycles. The van der Waals surface area contributed by atoms with Crippen molar-refractivity contribution in [3.8, 4) is 0 Å². The van der Waals surface area contributed by atoms with Crippen LogP contribution < -0.4 is 5.32 Å². The molecule has 9 nitrogen and oxygen atoms in total. The number of likely N-dealkylation sites (tertiary alicyclic amines) is 1. The number of rotatable bonds is 6. The smallest absolute Gasteiger partial charge is 0.411 e. The highest BCUT2D eigenvalue weighted by Crippen LogP contribution is 2.28. The molecule has 0 aliphatic carbocycles. The summed E-state index contributed by atoms with van der Waals surface area (Å²) < 4.78 is 16.3. The van der Waals surface area contributed by atoms with Crippen LogP contribution in [0.2, 0.25) is 0 Å². The van der Waals surface area contributed by atoms with E-state index in [-0.39, 0.29) is 13.2 Å². The van der Waals surface area contributed by atoms with Gasteiger partial charge in [-0.15, -0.1) is 0 Å². The van der Waals surface area contributed by atoms with E-state index in [4.69, 9.17) is 14.2 Å². The number of esters is 1. The highest BCUT2D eigenvalue weighted by Gasteiger charge is 2.44. The molecule has 2 N–H and O–H groups in total. The second kappa shape index (κ2) is 11.6. The van der Waals surface area contributed by atoms with Crippen molar-refractivity contribution in [2.45, 2.75) is 96.8 Å². The number of piperidine rings is 1. The number of amides is 2. The Bertz CT molecular complexity index is 830. The van der Waals surface area contributed by atoms with Gasteiger partial charge in [0.1, 0.15) is 23.9 Å². The minimum absolute atomic E-state index is 0.0240. The van der Waals surface area contributed by atoms with E-state index in [2.05, 4.69) is 5.32 Å². The first kappa shape index (κ1) is 27.4. The summed E-state index contributed by atoms with van der Waals surface area (Å²) in [6, 6.07) is 7.53. The van der Waals surface area contributed by atoms with E-state index in [1.165, 1.54) is 4.90 Å². The summed E-state index contributed by atoms with van der Waals surface area (Å²) in [4.78, 5) is 39.4. The topological polar surface area (TPSA) is 114 Å². The predicted molar refractivity (Wildman–Crippen MR) is 126 cm³/mol. The molecule has 1 aliphatic rings. The van der Waals surface area contributed by atoms with Crippen LogP contribution in [0.3, 0.4) is 0 Å². The molecule has 0 aromatic heterocycles. The Morgan fingerprint density at radius 2 is 1.65 bits per heavy atom. The van der Waals surface area contributed by atoms with Crippen molar-refractivity contribution >= 4 is 18.2 Å². The van der Waals surface area contributed by atoms with Crippen LogP contribution in [0.4, 0.5) is 9.59 Å². The fourth-order valence-electron chi connectivity index (χ4n) is 3.70. The maximum Gasteiger partial charge on any atom is 0.411 e. The molecule has 0 bridgehead atoms. The summed E-state index contributed by atoms with van der Waals surface area (Å²) in [5.74, 6) is -0.554. The Kier molecular flexibility index (Phi) is 9.32. The van der Waals surface area contributed by atoms with Crippen molar-refractivity contribution in [3.63, 3.8) is 0 Å². The van der Waals surface area contributed by atoms with Gasteiger partial charge in [-0.25, -0.2) is 14.4 Å². The number of carbonyl (C=O) groups is 3. The molecule has 9 heteroatoms. The summed E-state index contributed by atoms with van der Waals surface area (Å²) in [6.07, 6.45) is -1.11. The lowest BCUT2D eigenvalue weighted by molar-refractivity contribution is -0.164. The van der Waals surface area contributed by atoms with Crippen molar-refractivity contribution in [1.82, 2.24) is 10.2 Å². The second-order valence-electron chi connectivity index (χ2n) is 10.4. The molecule has 0 radical (unpaired) electrons. The SMILES string of the molecule is CC(C)(C)OC(=O)NC[C@H](O)[C@H]1CCC[C@@H](C(=O)OC(C)(C)C)N1C(=O)OCc1ccccc1. The molecule has 2 rings (SSSR count).